The summed E-state index contributed by atoms with van der Waals surface area (Å²) in [6.07, 6.45) is -2.08. The summed E-state index contributed by atoms with van der Waals surface area (Å²) in [5, 5.41) is 0. The average molecular weight is 354 g/mol. The van der Waals surface area contributed by atoms with E-state index in [1.165, 1.54) is 6.07 Å². The van der Waals surface area contributed by atoms with Crippen molar-refractivity contribution in [3.63, 3.8) is 0 Å². The Bertz CT molecular complexity index is 727. The first-order valence-electron chi connectivity index (χ1n) is 8.26. The zero-order valence-electron chi connectivity index (χ0n) is 14.3. The lowest BCUT2D eigenvalue weighted by molar-refractivity contribution is -0.137. The van der Waals surface area contributed by atoms with Gasteiger partial charge in [0.1, 0.15) is 5.76 Å². The Morgan fingerprint density at radius 3 is 2.88 bits per heavy atom. The van der Waals surface area contributed by atoms with Crippen LogP contribution >= 0.6 is 0 Å². The number of rotatable bonds is 4. The lowest BCUT2D eigenvalue weighted by atomic mass is 10.1. The van der Waals surface area contributed by atoms with E-state index in [0.717, 1.165) is 43.8 Å². The van der Waals surface area contributed by atoms with E-state index in [0.29, 0.717) is 17.9 Å². The van der Waals surface area contributed by atoms with Gasteiger partial charge in [-0.3, -0.25) is 4.90 Å². The molecule has 1 unspecified atom stereocenters. The van der Waals surface area contributed by atoms with Gasteiger partial charge in [-0.25, -0.2) is 4.98 Å². The molecule has 1 aromatic heterocycles. The van der Waals surface area contributed by atoms with Crippen LogP contribution in [-0.4, -0.2) is 36.2 Å². The van der Waals surface area contributed by atoms with Crippen LogP contribution in [0.2, 0.25) is 0 Å². The molecule has 2 heterocycles. The van der Waals surface area contributed by atoms with Gasteiger partial charge >= 0.3 is 6.18 Å². The van der Waals surface area contributed by atoms with Crippen LogP contribution in [0.4, 0.5) is 13.2 Å². The molecule has 1 aromatic carbocycles. The molecule has 4 nitrogen and oxygen atoms in total. The van der Waals surface area contributed by atoms with Crippen molar-refractivity contribution < 1.29 is 22.3 Å². The maximum Gasteiger partial charge on any atom is 0.416 e. The van der Waals surface area contributed by atoms with Crippen molar-refractivity contribution in [3.8, 4) is 11.5 Å². The van der Waals surface area contributed by atoms with Crippen molar-refractivity contribution in [1.29, 1.82) is 0 Å². The SMILES string of the molecule is COC1CCCN(Cc2nc(-c3cccc(C(F)(F)F)c3)oc2C)C1. The molecule has 0 aliphatic carbocycles. The van der Waals surface area contributed by atoms with Crippen LogP contribution in [0, 0.1) is 6.92 Å². The highest BCUT2D eigenvalue weighted by Crippen LogP contribution is 2.32. The smallest absolute Gasteiger partial charge is 0.416 e. The number of oxazole rings is 1. The number of alkyl halides is 3. The molecular weight excluding hydrogens is 333 g/mol. The lowest BCUT2D eigenvalue weighted by Crippen LogP contribution is -2.38. The molecular formula is C18H21F3N2O2. The van der Waals surface area contributed by atoms with Crippen LogP contribution < -0.4 is 0 Å². The first kappa shape index (κ1) is 17.9. The largest absolute Gasteiger partial charge is 0.441 e. The standard InChI is InChI=1S/C18H21F3N2O2/c1-12-16(11-23-8-4-7-15(10-23)24-2)22-17(25-12)13-5-3-6-14(9-13)18(19,20)21/h3,5-6,9,15H,4,7-8,10-11H2,1-2H3. The summed E-state index contributed by atoms with van der Waals surface area (Å²) in [5.41, 5.74) is 0.378. The number of hydrogen-bond acceptors (Lipinski definition) is 4. The van der Waals surface area contributed by atoms with Gasteiger partial charge in [0, 0.05) is 25.8 Å². The van der Waals surface area contributed by atoms with E-state index in [-0.39, 0.29) is 12.0 Å². The Balaban J connectivity index is 1.79. The van der Waals surface area contributed by atoms with Crippen molar-refractivity contribution in [3.05, 3.63) is 41.3 Å². The summed E-state index contributed by atoms with van der Waals surface area (Å²) < 4.78 is 49.7. The Morgan fingerprint density at radius 1 is 1.36 bits per heavy atom. The Labute approximate surface area is 144 Å². The van der Waals surface area contributed by atoms with Gasteiger partial charge < -0.3 is 9.15 Å². The second-order valence-corrected chi connectivity index (χ2v) is 6.34. The van der Waals surface area contributed by atoms with Gasteiger partial charge in [0.05, 0.1) is 17.4 Å². The van der Waals surface area contributed by atoms with E-state index in [9.17, 15) is 13.2 Å². The zero-order chi connectivity index (χ0) is 18.0. The van der Waals surface area contributed by atoms with E-state index in [4.69, 9.17) is 9.15 Å². The van der Waals surface area contributed by atoms with E-state index in [2.05, 4.69) is 9.88 Å². The summed E-state index contributed by atoms with van der Waals surface area (Å²) in [6, 6.07) is 5.05. The topological polar surface area (TPSA) is 38.5 Å². The second kappa shape index (κ2) is 7.17. The summed E-state index contributed by atoms with van der Waals surface area (Å²) in [6.45, 7) is 4.16. The van der Waals surface area contributed by atoms with Gasteiger partial charge in [-0.2, -0.15) is 13.2 Å². The molecule has 1 saturated heterocycles. The van der Waals surface area contributed by atoms with Gasteiger partial charge in [-0.1, -0.05) is 6.07 Å². The predicted octanol–water partition coefficient (Wildman–Crippen LogP) is 4.28. The van der Waals surface area contributed by atoms with E-state index in [1.807, 2.05) is 0 Å². The van der Waals surface area contributed by atoms with Gasteiger partial charge in [-0.05, 0) is 44.5 Å². The molecule has 0 radical (unpaired) electrons. The normalized spacial score (nSPS) is 19.3. The summed E-state index contributed by atoms with van der Waals surface area (Å²) in [7, 11) is 1.71. The molecule has 7 heteroatoms. The van der Waals surface area contributed by atoms with Crippen LogP contribution in [0.5, 0.6) is 0 Å². The third-order valence-electron chi connectivity index (χ3n) is 4.50. The maximum absolute atomic E-state index is 12.9. The van der Waals surface area contributed by atoms with Crippen molar-refractivity contribution in [2.24, 2.45) is 0 Å². The zero-order valence-corrected chi connectivity index (χ0v) is 14.3. The van der Waals surface area contributed by atoms with Crippen LogP contribution in [0.3, 0.4) is 0 Å². The summed E-state index contributed by atoms with van der Waals surface area (Å²) >= 11 is 0. The molecule has 1 aliphatic heterocycles. The minimum absolute atomic E-state index is 0.212. The molecule has 3 rings (SSSR count). The van der Waals surface area contributed by atoms with E-state index < -0.39 is 11.7 Å². The highest BCUT2D eigenvalue weighted by molar-refractivity contribution is 5.55. The number of aromatic nitrogens is 1. The highest BCUT2D eigenvalue weighted by atomic mass is 19.4. The molecule has 136 valence electrons. The first-order chi connectivity index (χ1) is 11.9. The molecule has 1 fully saturated rings. The number of nitrogens with zero attached hydrogens (tertiary/aromatic N) is 2. The third-order valence-corrected chi connectivity index (χ3v) is 4.50. The minimum atomic E-state index is -4.39. The Kier molecular flexibility index (Phi) is 5.15. The number of likely N-dealkylation sites (tertiary alicyclic amines) is 1. The average Bonchev–Trinajstić information content (AvgIpc) is 2.95. The van der Waals surface area contributed by atoms with Crippen molar-refractivity contribution >= 4 is 0 Å². The van der Waals surface area contributed by atoms with Crippen molar-refractivity contribution in [2.45, 2.75) is 38.6 Å². The molecule has 1 aliphatic rings. The van der Waals surface area contributed by atoms with Gasteiger partial charge in [0.2, 0.25) is 5.89 Å². The number of halogens is 3. The van der Waals surface area contributed by atoms with Gasteiger partial charge in [0.25, 0.3) is 0 Å². The molecule has 0 saturated carbocycles. The molecule has 0 amide bonds. The first-order valence-corrected chi connectivity index (χ1v) is 8.26. The van der Waals surface area contributed by atoms with Gasteiger partial charge in [-0.15, -0.1) is 0 Å². The molecule has 25 heavy (non-hydrogen) atoms. The number of piperidine rings is 1. The number of ether oxygens (including phenoxy) is 1. The molecule has 0 bridgehead atoms. The predicted molar refractivity (Wildman–Crippen MR) is 87.0 cm³/mol. The lowest BCUT2D eigenvalue weighted by Gasteiger charge is -2.31. The maximum atomic E-state index is 12.9. The highest BCUT2D eigenvalue weighted by Gasteiger charge is 2.31. The Hall–Kier alpha value is -1.86. The summed E-state index contributed by atoms with van der Waals surface area (Å²) in [5.74, 6) is 0.853. The van der Waals surface area contributed by atoms with Crippen molar-refractivity contribution in [2.75, 3.05) is 20.2 Å². The molecule has 1 atom stereocenters. The number of aryl methyl sites for hydroxylation is 1. The third kappa shape index (κ3) is 4.22. The number of hydrogen-bond donors (Lipinski definition) is 0. The molecule has 0 spiro atoms. The molecule has 0 N–H and O–H groups in total. The monoisotopic (exact) mass is 354 g/mol. The van der Waals surface area contributed by atoms with Crippen LogP contribution in [0.25, 0.3) is 11.5 Å². The second-order valence-electron chi connectivity index (χ2n) is 6.34. The van der Waals surface area contributed by atoms with Crippen LogP contribution in [0.1, 0.15) is 29.9 Å². The van der Waals surface area contributed by atoms with Crippen molar-refractivity contribution in [1.82, 2.24) is 9.88 Å². The van der Waals surface area contributed by atoms with Crippen LogP contribution in [0.15, 0.2) is 28.7 Å². The molecule has 2 aromatic rings. The fraction of sp³-hybridized carbons (Fsp3) is 0.500. The number of methoxy groups -OCH3 is 1. The van der Waals surface area contributed by atoms with E-state index in [1.54, 1.807) is 20.1 Å². The minimum Gasteiger partial charge on any atom is -0.441 e. The quantitative estimate of drug-likeness (QED) is 0.821. The summed E-state index contributed by atoms with van der Waals surface area (Å²) in [4.78, 5) is 6.67. The van der Waals surface area contributed by atoms with Crippen LogP contribution in [-0.2, 0) is 17.5 Å². The van der Waals surface area contributed by atoms with E-state index >= 15 is 0 Å². The Morgan fingerprint density at radius 2 is 2.16 bits per heavy atom. The fourth-order valence-corrected chi connectivity index (χ4v) is 3.09. The fourth-order valence-electron chi connectivity index (χ4n) is 3.09. The van der Waals surface area contributed by atoms with Gasteiger partial charge in [0.15, 0.2) is 0 Å². The number of benzene rings is 1.